The second-order valence-electron chi connectivity index (χ2n) is 6.50. The molecule has 1 atom stereocenters. The Morgan fingerprint density at radius 2 is 2.15 bits per heavy atom. The summed E-state index contributed by atoms with van der Waals surface area (Å²) in [6, 6.07) is 9.35. The summed E-state index contributed by atoms with van der Waals surface area (Å²) < 4.78 is 10.8. The Morgan fingerprint density at radius 1 is 1.37 bits per heavy atom. The lowest BCUT2D eigenvalue weighted by Crippen LogP contribution is -2.32. The highest BCUT2D eigenvalue weighted by molar-refractivity contribution is 6.07. The van der Waals surface area contributed by atoms with Gasteiger partial charge >= 0.3 is 0 Å². The van der Waals surface area contributed by atoms with Crippen molar-refractivity contribution in [2.45, 2.75) is 19.4 Å². The molecule has 142 valence electrons. The molecular weight excluding hydrogens is 368 g/mol. The van der Waals surface area contributed by atoms with Crippen LogP contribution in [0.5, 0.6) is 5.75 Å². The molecule has 1 aliphatic rings. The summed E-state index contributed by atoms with van der Waals surface area (Å²) in [5.41, 5.74) is 8.89. The second-order valence-corrected chi connectivity index (χ2v) is 6.50. The number of methoxy groups -OCH3 is 1. The number of likely N-dealkylation sites (tertiary alicyclic amines) is 1. The number of pyridine rings is 1. The number of ether oxygens (including phenoxy) is 1. The molecule has 0 radical (unpaired) electrons. The Bertz CT molecular complexity index is 988. The molecule has 27 heavy (non-hydrogen) atoms. The SMILES string of the molecule is COc1ccccc1-c1cc(C(=O)N2CC[C@@H](N)C2)c2c(C)noc2n1.Cl. The van der Waals surface area contributed by atoms with E-state index in [0.29, 0.717) is 46.9 Å². The zero-order valence-electron chi connectivity index (χ0n) is 15.1. The van der Waals surface area contributed by atoms with Gasteiger partial charge in [0, 0.05) is 24.7 Å². The number of aryl methyl sites for hydroxylation is 1. The molecule has 2 N–H and O–H groups in total. The number of aromatic nitrogens is 2. The van der Waals surface area contributed by atoms with Crippen LogP contribution < -0.4 is 10.5 Å². The Kier molecular flexibility index (Phi) is 5.34. The largest absolute Gasteiger partial charge is 0.496 e. The zero-order chi connectivity index (χ0) is 18.3. The van der Waals surface area contributed by atoms with E-state index in [1.54, 1.807) is 18.1 Å². The summed E-state index contributed by atoms with van der Waals surface area (Å²) in [4.78, 5) is 19.5. The van der Waals surface area contributed by atoms with Gasteiger partial charge in [0.2, 0.25) is 0 Å². The highest BCUT2D eigenvalue weighted by Crippen LogP contribution is 2.33. The van der Waals surface area contributed by atoms with Gasteiger partial charge in [-0.25, -0.2) is 4.98 Å². The van der Waals surface area contributed by atoms with Gasteiger partial charge in [-0.2, -0.15) is 0 Å². The normalized spacial score (nSPS) is 16.4. The Hall–Kier alpha value is -2.64. The number of fused-ring (bicyclic) bond motifs is 1. The molecule has 1 saturated heterocycles. The topological polar surface area (TPSA) is 94.5 Å². The van der Waals surface area contributed by atoms with E-state index in [0.717, 1.165) is 12.0 Å². The third-order valence-electron chi connectivity index (χ3n) is 4.74. The first-order chi connectivity index (χ1) is 12.6. The van der Waals surface area contributed by atoms with Crippen LogP contribution in [0.1, 0.15) is 22.5 Å². The predicted molar refractivity (Wildman–Crippen MR) is 104 cm³/mol. The number of nitrogens with two attached hydrogens (primary N) is 1. The highest BCUT2D eigenvalue weighted by atomic mass is 35.5. The minimum Gasteiger partial charge on any atom is -0.496 e. The van der Waals surface area contributed by atoms with E-state index in [-0.39, 0.29) is 24.4 Å². The van der Waals surface area contributed by atoms with Crippen LogP contribution in [0.3, 0.4) is 0 Å². The van der Waals surface area contributed by atoms with Crippen LogP contribution in [0.2, 0.25) is 0 Å². The molecule has 0 unspecified atom stereocenters. The summed E-state index contributed by atoms with van der Waals surface area (Å²) >= 11 is 0. The molecule has 2 aromatic heterocycles. The number of para-hydroxylation sites is 1. The third kappa shape index (κ3) is 3.36. The first-order valence-electron chi connectivity index (χ1n) is 8.53. The van der Waals surface area contributed by atoms with Crippen molar-refractivity contribution in [3.63, 3.8) is 0 Å². The monoisotopic (exact) mass is 388 g/mol. The number of carbonyl (C=O) groups excluding carboxylic acids is 1. The molecule has 1 amide bonds. The van der Waals surface area contributed by atoms with Gasteiger partial charge in [-0.1, -0.05) is 17.3 Å². The maximum Gasteiger partial charge on any atom is 0.259 e. The Labute approximate surface area is 162 Å². The first-order valence-corrected chi connectivity index (χ1v) is 8.53. The van der Waals surface area contributed by atoms with Gasteiger partial charge < -0.3 is 19.9 Å². The lowest BCUT2D eigenvalue weighted by molar-refractivity contribution is 0.0792. The molecule has 3 aromatic rings. The van der Waals surface area contributed by atoms with Gasteiger partial charge in [0.05, 0.1) is 29.4 Å². The minimum atomic E-state index is -0.0761. The summed E-state index contributed by atoms with van der Waals surface area (Å²) in [6.45, 7) is 3.01. The fourth-order valence-electron chi connectivity index (χ4n) is 3.40. The van der Waals surface area contributed by atoms with Gasteiger partial charge in [0.25, 0.3) is 11.6 Å². The maximum absolute atomic E-state index is 13.1. The number of nitrogens with zero attached hydrogens (tertiary/aromatic N) is 3. The molecule has 0 saturated carbocycles. The van der Waals surface area contributed by atoms with E-state index in [2.05, 4.69) is 10.1 Å². The lowest BCUT2D eigenvalue weighted by atomic mass is 10.0. The van der Waals surface area contributed by atoms with Crippen molar-refractivity contribution < 1.29 is 14.1 Å². The van der Waals surface area contributed by atoms with Crippen molar-refractivity contribution in [3.05, 3.63) is 41.6 Å². The molecule has 4 rings (SSSR count). The van der Waals surface area contributed by atoms with Gasteiger partial charge in [0.1, 0.15) is 5.75 Å². The van der Waals surface area contributed by atoms with Crippen LogP contribution >= 0.6 is 12.4 Å². The van der Waals surface area contributed by atoms with Crippen LogP contribution in [0.4, 0.5) is 0 Å². The average Bonchev–Trinajstić information content (AvgIpc) is 3.26. The smallest absolute Gasteiger partial charge is 0.259 e. The molecule has 1 aromatic carbocycles. The van der Waals surface area contributed by atoms with E-state index < -0.39 is 0 Å². The Morgan fingerprint density at radius 3 is 2.85 bits per heavy atom. The summed E-state index contributed by atoms with van der Waals surface area (Å²) in [7, 11) is 1.60. The fourth-order valence-corrected chi connectivity index (χ4v) is 3.40. The standard InChI is InChI=1S/C19H20N4O3.ClH/c1-11-17-14(19(24)23-8-7-12(20)10-23)9-15(21-18(17)26-22-11)13-5-3-4-6-16(13)25-2;/h3-6,9,12H,7-8,10,20H2,1-2H3;1H/t12-;/m1./s1. The van der Waals surface area contributed by atoms with E-state index >= 15 is 0 Å². The van der Waals surface area contributed by atoms with Crippen molar-refractivity contribution in [3.8, 4) is 17.0 Å². The van der Waals surface area contributed by atoms with E-state index in [4.69, 9.17) is 15.0 Å². The minimum absolute atomic E-state index is 0. The number of hydrogen-bond acceptors (Lipinski definition) is 6. The Balaban J connectivity index is 0.00000210. The highest BCUT2D eigenvalue weighted by Gasteiger charge is 2.28. The van der Waals surface area contributed by atoms with Crippen LogP contribution in [0, 0.1) is 6.92 Å². The molecular formula is C19H21ClN4O3. The molecule has 7 nitrogen and oxygen atoms in total. The van der Waals surface area contributed by atoms with E-state index in [9.17, 15) is 4.79 Å². The van der Waals surface area contributed by atoms with Crippen LogP contribution in [0.15, 0.2) is 34.9 Å². The molecule has 0 bridgehead atoms. The number of halogens is 1. The van der Waals surface area contributed by atoms with Crippen LogP contribution in [0.25, 0.3) is 22.4 Å². The van der Waals surface area contributed by atoms with Gasteiger partial charge in [-0.05, 0) is 31.5 Å². The van der Waals surface area contributed by atoms with Crippen molar-refractivity contribution in [2.75, 3.05) is 20.2 Å². The number of carbonyl (C=O) groups is 1. The molecule has 8 heteroatoms. The van der Waals surface area contributed by atoms with Crippen LogP contribution in [-0.2, 0) is 0 Å². The lowest BCUT2D eigenvalue weighted by Gasteiger charge is -2.17. The number of amides is 1. The summed E-state index contributed by atoms with van der Waals surface area (Å²) in [5, 5.41) is 4.64. The van der Waals surface area contributed by atoms with Gasteiger partial charge in [0.15, 0.2) is 0 Å². The van der Waals surface area contributed by atoms with Crippen molar-refractivity contribution in [1.29, 1.82) is 0 Å². The second kappa shape index (κ2) is 7.54. The predicted octanol–water partition coefficient (Wildman–Crippen LogP) is 2.80. The number of hydrogen-bond donors (Lipinski definition) is 1. The average molecular weight is 389 g/mol. The number of benzene rings is 1. The summed E-state index contributed by atoms with van der Waals surface area (Å²) in [6.07, 6.45) is 0.807. The van der Waals surface area contributed by atoms with Crippen LogP contribution in [-0.4, -0.2) is 47.2 Å². The third-order valence-corrected chi connectivity index (χ3v) is 4.74. The van der Waals surface area contributed by atoms with E-state index in [1.807, 2.05) is 31.2 Å². The molecule has 0 spiro atoms. The maximum atomic E-state index is 13.1. The molecule has 0 aliphatic carbocycles. The first kappa shape index (κ1) is 19.1. The molecule has 1 aliphatic heterocycles. The zero-order valence-corrected chi connectivity index (χ0v) is 16.0. The van der Waals surface area contributed by atoms with Gasteiger partial charge in [-0.3, -0.25) is 4.79 Å². The van der Waals surface area contributed by atoms with Crippen molar-refractivity contribution in [1.82, 2.24) is 15.0 Å². The fraction of sp³-hybridized carbons (Fsp3) is 0.316. The number of rotatable bonds is 3. The molecule has 3 heterocycles. The van der Waals surface area contributed by atoms with E-state index in [1.165, 1.54) is 0 Å². The van der Waals surface area contributed by atoms with Crippen molar-refractivity contribution >= 4 is 29.4 Å². The van der Waals surface area contributed by atoms with Crippen molar-refractivity contribution in [2.24, 2.45) is 5.73 Å². The summed E-state index contributed by atoms with van der Waals surface area (Å²) in [5.74, 6) is 0.602. The molecule has 1 fully saturated rings. The quantitative estimate of drug-likeness (QED) is 0.741. The van der Waals surface area contributed by atoms with Gasteiger partial charge in [-0.15, -0.1) is 12.4 Å².